The molecule has 0 aliphatic carbocycles. The Hall–Kier alpha value is -2.17. The van der Waals surface area contributed by atoms with Crippen LogP contribution in [0.1, 0.15) is 0 Å². The van der Waals surface area contributed by atoms with Crippen LogP contribution in [0.3, 0.4) is 0 Å². The first-order valence-electron chi connectivity index (χ1n) is 4.05. The Labute approximate surface area is 80.8 Å². The number of hydrogen-bond donors (Lipinski definition) is 2. The molecule has 0 aliphatic heterocycles. The molecule has 1 aromatic carbocycles. The summed E-state index contributed by atoms with van der Waals surface area (Å²) in [4.78, 5) is 11.7. The molecule has 14 heavy (non-hydrogen) atoms. The summed E-state index contributed by atoms with van der Waals surface area (Å²) in [5, 5.41) is 0. The van der Waals surface area contributed by atoms with E-state index >= 15 is 0 Å². The molecule has 0 radical (unpaired) electrons. The van der Waals surface area contributed by atoms with Gasteiger partial charge in [0, 0.05) is 5.56 Å². The Morgan fingerprint density at radius 3 is 2.43 bits per heavy atom. The quantitative estimate of drug-likeness (QED) is 0.641. The molecule has 0 saturated carbocycles. The number of nitrogen functional groups attached to an aromatic ring is 2. The van der Waals surface area contributed by atoms with Gasteiger partial charge >= 0.3 is 0 Å². The van der Waals surface area contributed by atoms with Crippen molar-refractivity contribution in [1.82, 2.24) is 15.0 Å². The van der Waals surface area contributed by atoms with Crippen molar-refractivity contribution in [3.05, 3.63) is 30.9 Å². The molecule has 0 unspecified atom stereocenters. The van der Waals surface area contributed by atoms with Crippen LogP contribution in [0.25, 0.3) is 11.4 Å². The molecule has 0 aliphatic rings. The highest BCUT2D eigenvalue weighted by atomic mass is 15.0. The maximum atomic E-state index is 5.79. The zero-order chi connectivity index (χ0) is 9.97. The van der Waals surface area contributed by atoms with Gasteiger partial charge in [0.05, 0.1) is 11.4 Å². The highest BCUT2D eigenvalue weighted by molar-refractivity contribution is 5.81. The smallest absolute Gasteiger partial charge is 0.164 e. The van der Waals surface area contributed by atoms with Crippen LogP contribution in [0.5, 0.6) is 0 Å². The first-order chi connectivity index (χ1) is 6.79. The monoisotopic (exact) mass is 187 g/mol. The van der Waals surface area contributed by atoms with Crippen LogP contribution in [0.15, 0.2) is 30.9 Å². The molecule has 5 heteroatoms. The second-order valence-electron chi connectivity index (χ2n) is 2.77. The predicted octanol–water partition coefficient (Wildman–Crippen LogP) is 0.703. The van der Waals surface area contributed by atoms with Gasteiger partial charge in [-0.3, -0.25) is 0 Å². The van der Waals surface area contributed by atoms with Crippen LogP contribution >= 0.6 is 0 Å². The van der Waals surface area contributed by atoms with Gasteiger partial charge in [-0.1, -0.05) is 6.07 Å². The Bertz CT molecular complexity index is 440. The summed E-state index contributed by atoms with van der Waals surface area (Å²) in [5.74, 6) is 0.532. The van der Waals surface area contributed by atoms with E-state index in [2.05, 4.69) is 15.0 Å². The summed E-state index contributed by atoms with van der Waals surface area (Å²) in [6, 6.07) is 5.37. The lowest BCUT2D eigenvalue weighted by atomic mass is 10.1. The average molecular weight is 187 g/mol. The molecule has 0 fully saturated rings. The predicted molar refractivity (Wildman–Crippen MR) is 54.1 cm³/mol. The summed E-state index contributed by atoms with van der Waals surface area (Å²) in [7, 11) is 0. The van der Waals surface area contributed by atoms with Crippen molar-refractivity contribution in [2.75, 3.05) is 11.5 Å². The fourth-order valence-electron chi connectivity index (χ4n) is 1.16. The molecular weight excluding hydrogens is 178 g/mol. The van der Waals surface area contributed by atoms with Gasteiger partial charge in [-0.05, 0) is 12.1 Å². The van der Waals surface area contributed by atoms with E-state index in [1.807, 2.05) is 12.1 Å². The van der Waals surface area contributed by atoms with Crippen LogP contribution in [0.2, 0.25) is 0 Å². The number of para-hydroxylation sites is 1. The Balaban J connectivity index is 2.58. The maximum Gasteiger partial charge on any atom is 0.164 e. The Morgan fingerprint density at radius 2 is 1.71 bits per heavy atom. The third-order valence-electron chi connectivity index (χ3n) is 1.87. The van der Waals surface area contributed by atoms with Crippen LogP contribution in [0, 0.1) is 0 Å². The lowest BCUT2D eigenvalue weighted by molar-refractivity contribution is 1.06. The minimum Gasteiger partial charge on any atom is -0.397 e. The summed E-state index contributed by atoms with van der Waals surface area (Å²) < 4.78 is 0. The van der Waals surface area contributed by atoms with E-state index in [1.165, 1.54) is 12.7 Å². The van der Waals surface area contributed by atoms with Crippen LogP contribution in [0.4, 0.5) is 11.4 Å². The lowest BCUT2D eigenvalue weighted by Crippen LogP contribution is -1.99. The fourth-order valence-corrected chi connectivity index (χ4v) is 1.16. The number of nitrogens with zero attached hydrogens (tertiary/aromatic N) is 3. The van der Waals surface area contributed by atoms with E-state index in [1.54, 1.807) is 6.07 Å². The molecule has 0 spiro atoms. The first-order valence-corrected chi connectivity index (χ1v) is 4.05. The highest BCUT2D eigenvalue weighted by Crippen LogP contribution is 2.26. The number of anilines is 2. The number of rotatable bonds is 1. The van der Waals surface area contributed by atoms with E-state index in [9.17, 15) is 0 Å². The first kappa shape index (κ1) is 8.43. The highest BCUT2D eigenvalue weighted by Gasteiger charge is 2.06. The van der Waals surface area contributed by atoms with E-state index < -0.39 is 0 Å². The summed E-state index contributed by atoms with van der Waals surface area (Å²) in [6.07, 6.45) is 2.84. The van der Waals surface area contributed by atoms with Gasteiger partial charge < -0.3 is 11.5 Å². The van der Waals surface area contributed by atoms with Crippen molar-refractivity contribution in [3.8, 4) is 11.4 Å². The Kier molecular flexibility index (Phi) is 1.98. The molecular formula is C9H9N5. The molecule has 0 bridgehead atoms. The molecule has 1 heterocycles. The molecule has 70 valence electrons. The van der Waals surface area contributed by atoms with Crippen molar-refractivity contribution in [3.63, 3.8) is 0 Å². The molecule has 5 nitrogen and oxygen atoms in total. The zero-order valence-electron chi connectivity index (χ0n) is 7.38. The zero-order valence-corrected chi connectivity index (χ0v) is 7.38. The van der Waals surface area contributed by atoms with Crippen molar-refractivity contribution >= 4 is 11.4 Å². The van der Waals surface area contributed by atoms with Gasteiger partial charge in [-0.15, -0.1) is 0 Å². The number of nitrogens with two attached hydrogens (primary N) is 2. The van der Waals surface area contributed by atoms with Gasteiger partial charge in [0.1, 0.15) is 12.7 Å². The standard InChI is InChI=1S/C9H9N5/c10-7-3-1-2-6(8(7)11)9-13-4-12-5-14-9/h1-5H,10-11H2. The fraction of sp³-hybridized carbons (Fsp3) is 0. The number of hydrogen-bond acceptors (Lipinski definition) is 5. The minimum absolute atomic E-state index is 0.499. The van der Waals surface area contributed by atoms with Crippen LogP contribution < -0.4 is 11.5 Å². The number of aromatic nitrogens is 3. The summed E-state index contributed by atoms with van der Waals surface area (Å²) in [6.45, 7) is 0. The molecule has 0 amide bonds. The number of benzene rings is 1. The molecule has 4 N–H and O–H groups in total. The summed E-state index contributed by atoms with van der Waals surface area (Å²) >= 11 is 0. The van der Waals surface area contributed by atoms with Crippen LogP contribution in [-0.4, -0.2) is 15.0 Å². The van der Waals surface area contributed by atoms with E-state index in [0.717, 1.165) is 5.56 Å². The lowest BCUT2D eigenvalue weighted by Gasteiger charge is -2.05. The van der Waals surface area contributed by atoms with Gasteiger partial charge in [0.15, 0.2) is 5.82 Å². The normalized spacial score (nSPS) is 10.0. The maximum absolute atomic E-state index is 5.79. The van der Waals surface area contributed by atoms with Crippen molar-refractivity contribution in [2.45, 2.75) is 0 Å². The minimum atomic E-state index is 0.499. The second kappa shape index (κ2) is 3.29. The molecule has 0 saturated heterocycles. The van der Waals surface area contributed by atoms with Gasteiger partial charge in [0.2, 0.25) is 0 Å². The van der Waals surface area contributed by atoms with Crippen molar-refractivity contribution in [1.29, 1.82) is 0 Å². The topological polar surface area (TPSA) is 90.7 Å². The molecule has 2 aromatic rings. The van der Waals surface area contributed by atoms with E-state index in [-0.39, 0.29) is 0 Å². The molecule has 1 aromatic heterocycles. The van der Waals surface area contributed by atoms with Gasteiger partial charge in [-0.2, -0.15) is 0 Å². The molecule has 0 atom stereocenters. The largest absolute Gasteiger partial charge is 0.397 e. The van der Waals surface area contributed by atoms with Gasteiger partial charge in [0.25, 0.3) is 0 Å². The van der Waals surface area contributed by atoms with Crippen molar-refractivity contribution < 1.29 is 0 Å². The van der Waals surface area contributed by atoms with E-state index in [0.29, 0.717) is 17.2 Å². The second-order valence-corrected chi connectivity index (χ2v) is 2.77. The van der Waals surface area contributed by atoms with Crippen molar-refractivity contribution in [2.24, 2.45) is 0 Å². The third-order valence-corrected chi connectivity index (χ3v) is 1.87. The Morgan fingerprint density at radius 1 is 1.00 bits per heavy atom. The van der Waals surface area contributed by atoms with E-state index in [4.69, 9.17) is 11.5 Å². The SMILES string of the molecule is Nc1cccc(-c2ncncn2)c1N. The summed E-state index contributed by atoms with van der Waals surface area (Å²) in [5.41, 5.74) is 13.2. The molecule has 2 rings (SSSR count). The third kappa shape index (κ3) is 1.35. The van der Waals surface area contributed by atoms with Crippen LogP contribution in [-0.2, 0) is 0 Å². The average Bonchev–Trinajstić information content (AvgIpc) is 2.23. The van der Waals surface area contributed by atoms with Gasteiger partial charge in [-0.25, -0.2) is 15.0 Å².